The molecule has 0 spiro atoms. The Morgan fingerprint density at radius 3 is 3.08 bits per heavy atom. The minimum atomic E-state index is -0.104. The van der Waals surface area contributed by atoms with Crippen LogP contribution in [0.2, 0.25) is 0 Å². The molecule has 0 radical (unpaired) electrons. The molecule has 0 aromatic carbocycles. The summed E-state index contributed by atoms with van der Waals surface area (Å²) in [5.74, 6) is 0. The van der Waals surface area contributed by atoms with Gasteiger partial charge in [-0.2, -0.15) is 0 Å². The van der Waals surface area contributed by atoms with E-state index < -0.39 is 0 Å². The lowest BCUT2D eigenvalue weighted by molar-refractivity contribution is 0.926. The minimum absolute atomic E-state index is 0.104. The zero-order valence-corrected chi connectivity index (χ0v) is 7.42. The van der Waals surface area contributed by atoms with Gasteiger partial charge in [-0.1, -0.05) is 13.3 Å². The van der Waals surface area contributed by atoms with Gasteiger partial charge in [-0.3, -0.25) is 4.79 Å². The Morgan fingerprint density at radius 1 is 1.46 bits per heavy atom. The average Bonchev–Trinajstić information content (AvgIpc) is 2.51. The van der Waals surface area contributed by atoms with Crippen LogP contribution >= 0.6 is 0 Å². The molecular formula is C9H11N3O. The van der Waals surface area contributed by atoms with Crippen molar-refractivity contribution in [2.45, 2.75) is 19.8 Å². The van der Waals surface area contributed by atoms with Crippen molar-refractivity contribution in [3.8, 4) is 0 Å². The van der Waals surface area contributed by atoms with Crippen molar-refractivity contribution in [2.75, 3.05) is 0 Å². The Kier molecular flexibility index (Phi) is 1.88. The van der Waals surface area contributed by atoms with E-state index in [0.717, 1.165) is 23.9 Å². The van der Waals surface area contributed by atoms with E-state index in [-0.39, 0.29) is 5.56 Å². The summed E-state index contributed by atoms with van der Waals surface area (Å²) in [6, 6.07) is 0. The summed E-state index contributed by atoms with van der Waals surface area (Å²) in [4.78, 5) is 20.9. The summed E-state index contributed by atoms with van der Waals surface area (Å²) in [7, 11) is 0. The molecule has 0 saturated heterocycles. The molecule has 13 heavy (non-hydrogen) atoms. The molecular weight excluding hydrogens is 166 g/mol. The third-order valence-electron chi connectivity index (χ3n) is 2.07. The zero-order chi connectivity index (χ0) is 9.26. The molecule has 2 N–H and O–H groups in total. The van der Waals surface area contributed by atoms with Gasteiger partial charge in [0.05, 0.1) is 11.8 Å². The lowest BCUT2D eigenvalue weighted by Crippen LogP contribution is -2.05. The van der Waals surface area contributed by atoms with Crippen LogP contribution in [0.25, 0.3) is 11.0 Å². The molecule has 4 heteroatoms. The largest absolute Gasteiger partial charge is 0.355 e. The van der Waals surface area contributed by atoms with Crippen LogP contribution in [0.15, 0.2) is 17.3 Å². The lowest BCUT2D eigenvalue weighted by atomic mass is 10.2. The number of aromatic nitrogens is 3. The van der Waals surface area contributed by atoms with Crippen molar-refractivity contribution in [2.24, 2.45) is 0 Å². The number of H-pyrrole nitrogens is 2. The van der Waals surface area contributed by atoms with Gasteiger partial charge in [-0.25, -0.2) is 4.98 Å². The van der Waals surface area contributed by atoms with E-state index in [1.165, 1.54) is 6.33 Å². The first-order valence-corrected chi connectivity index (χ1v) is 4.36. The molecule has 0 aliphatic heterocycles. The molecule has 68 valence electrons. The number of nitrogens with one attached hydrogen (secondary N) is 2. The van der Waals surface area contributed by atoms with Crippen LogP contribution in [0.4, 0.5) is 0 Å². The average molecular weight is 177 g/mol. The SMILES string of the molecule is CCCc1c[nH]c2c(=O)[nH]cnc12. The molecule has 2 rings (SSSR count). The van der Waals surface area contributed by atoms with Crippen molar-refractivity contribution in [1.82, 2.24) is 15.0 Å². The van der Waals surface area contributed by atoms with E-state index in [4.69, 9.17) is 0 Å². The first kappa shape index (κ1) is 8.04. The Morgan fingerprint density at radius 2 is 2.31 bits per heavy atom. The molecule has 2 aromatic heterocycles. The van der Waals surface area contributed by atoms with Gasteiger partial charge < -0.3 is 9.97 Å². The van der Waals surface area contributed by atoms with Gasteiger partial charge in [0.1, 0.15) is 5.52 Å². The fourth-order valence-electron chi connectivity index (χ4n) is 1.46. The van der Waals surface area contributed by atoms with E-state index in [1.807, 2.05) is 6.20 Å². The van der Waals surface area contributed by atoms with E-state index >= 15 is 0 Å². The van der Waals surface area contributed by atoms with Crippen LogP contribution in [0.5, 0.6) is 0 Å². The van der Waals surface area contributed by atoms with Gasteiger partial charge >= 0.3 is 0 Å². The van der Waals surface area contributed by atoms with Gasteiger partial charge in [0.25, 0.3) is 5.56 Å². The smallest absolute Gasteiger partial charge is 0.275 e. The van der Waals surface area contributed by atoms with Gasteiger partial charge in [-0.05, 0) is 12.0 Å². The molecule has 0 aliphatic carbocycles. The van der Waals surface area contributed by atoms with E-state index in [9.17, 15) is 4.79 Å². The summed E-state index contributed by atoms with van der Waals surface area (Å²) in [5, 5.41) is 0. The Hall–Kier alpha value is -1.58. The minimum Gasteiger partial charge on any atom is -0.355 e. The van der Waals surface area contributed by atoms with Crippen LogP contribution < -0.4 is 5.56 Å². The molecule has 0 aliphatic rings. The van der Waals surface area contributed by atoms with Crippen LogP contribution in [0, 0.1) is 0 Å². The maximum absolute atomic E-state index is 11.3. The van der Waals surface area contributed by atoms with Gasteiger partial charge in [0, 0.05) is 6.20 Å². The zero-order valence-electron chi connectivity index (χ0n) is 7.42. The second-order valence-corrected chi connectivity index (χ2v) is 3.02. The fraction of sp³-hybridized carbons (Fsp3) is 0.333. The molecule has 4 nitrogen and oxygen atoms in total. The van der Waals surface area contributed by atoms with Gasteiger partial charge in [0.15, 0.2) is 0 Å². The van der Waals surface area contributed by atoms with E-state index in [1.54, 1.807) is 0 Å². The third kappa shape index (κ3) is 1.24. The normalized spacial score (nSPS) is 10.8. The van der Waals surface area contributed by atoms with Crippen LogP contribution in [0.1, 0.15) is 18.9 Å². The number of hydrogen-bond acceptors (Lipinski definition) is 2. The molecule has 0 fully saturated rings. The molecule has 0 unspecified atom stereocenters. The summed E-state index contributed by atoms with van der Waals surface area (Å²) >= 11 is 0. The molecule has 0 bridgehead atoms. The standard InChI is InChI=1S/C9H11N3O/c1-2-3-6-4-10-8-7(6)11-5-12-9(8)13/h4-5,10H,2-3H2,1H3,(H,11,12,13). The van der Waals surface area contributed by atoms with E-state index in [0.29, 0.717) is 5.52 Å². The summed E-state index contributed by atoms with van der Waals surface area (Å²) in [5.41, 5.74) is 2.38. The number of rotatable bonds is 2. The highest BCUT2D eigenvalue weighted by Gasteiger charge is 2.05. The fourth-order valence-corrected chi connectivity index (χ4v) is 1.46. The first-order chi connectivity index (χ1) is 6.33. The summed E-state index contributed by atoms with van der Waals surface area (Å²) in [6.45, 7) is 2.10. The lowest BCUT2D eigenvalue weighted by Gasteiger charge is -1.92. The molecule has 2 aromatic rings. The van der Waals surface area contributed by atoms with Crippen molar-refractivity contribution in [3.05, 3.63) is 28.4 Å². The predicted molar refractivity (Wildman–Crippen MR) is 50.7 cm³/mol. The highest BCUT2D eigenvalue weighted by atomic mass is 16.1. The van der Waals surface area contributed by atoms with Crippen molar-refractivity contribution < 1.29 is 0 Å². The third-order valence-corrected chi connectivity index (χ3v) is 2.07. The maximum Gasteiger partial charge on any atom is 0.275 e. The number of nitrogens with zero attached hydrogens (tertiary/aromatic N) is 1. The Labute approximate surface area is 75.0 Å². The van der Waals surface area contributed by atoms with Crippen molar-refractivity contribution >= 4 is 11.0 Å². The van der Waals surface area contributed by atoms with Crippen molar-refractivity contribution in [3.63, 3.8) is 0 Å². The quantitative estimate of drug-likeness (QED) is 0.724. The number of aryl methyl sites for hydroxylation is 1. The number of aromatic amines is 2. The molecule has 0 saturated carbocycles. The number of hydrogen-bond donors (Lipinski definition) is 2. The predicted octanol–water partition coefficient (Wildman–Crippen LogP) is 1.20. The highest BCUT2D eigenvalue weighted by molar-refractivity contribution is 5.77. The molecule has 0 atom stereocenters. The summed E-state index contributed by atoms with van der Waals surface area (Å²) < 4.78 is 0. The van der Waals surface area contributed by atoms with Gasteiger partial charge in [-0.15, -0.1) is 0 Å². The van der Waals surface area contributed by atoms with Crippen molar-refractivity contribution in [1.29, 1.82) is 0 Å². The maximum atomic E-state index is 11.3. The first-order valence-electron chi connectivity index (χ1n) is 4.36. The molecule has 2 heterocycles. The summed E-state index contributed by atoms with van der Waals surface area (Å²) in [6.07, 6.45) is 5.31. The highest BCUT2D eigenvalue weighted by Crippen LogP contribution is 2.12. The van der Waals surface area contributed by atoms with Crippen LogP contribution in [-0.4, -0.2) is 15.0 Å². The monoisotopic (exact) mass is 177 g/mol. The van der Waals surface area contributed by atoms with E-state index in [2.05, 4.69) is 21.9 Å². The number of fused-ring (bicyclic) bond motifs is 1. The second kappa shape index (κ2) is 3.05. The topological polar surface area (TPSA) is 61.5 Å². The Balaban J connectivity index is 2.68. The van der Waals surface area contributed by atoms with Crippen LogP contribution in [-0.2, 0) is 6.42 Å². The van der Waals surface area contributed by atoms with Crippen LogP contribution in [0.3, 0.4) is 0 Å². The van der Waals surface area contributed by atoms with Gasteiger partial charge in [0.2, 0.25) is 0 Å². The Bertz CT molecular complexity index is 469. The molecule has 0 amide bonds. The second-order valence-electron chi connectivity index (χ2n) is 3.02.